The molecule has 1 aromatic heterocycles. The summed E-state index contributed by atoms with van der Waals surface area (Å²) < 4.78 is 5.88. The highest BCUT2D eigenvalue weighted by atomic mass is 16.6. The Hall–Kier alpha value is -4.35. The molecule has 5 rings (SSSR count). The minimum atomic E-state index is -0.797. The van der Waals surface area contributed by atoms with Crippen LogP contribution in [0.5, 0.6) is 0 Å². The van der Waals surface area contributed by atoms with Crippen LogP contribution in [0.25, 0.3) is 11.1 Å². The van der Waals surface area contributed by atoms with Crippen LogP contribution < -0.4 is 5.32 Å². The van der Waals surface area contributed by atoms with Crippen molar-refractivity contribution in [3.05, 3.63) is 138 Å². The number of ketones is 1. The van der Waals surface area contributed by atoms with Gasteiger partial charge >= 0.3 is 5.97 Å². The zero-order valence-corrected chi connectivity index (χ0v) is 22.4. The standard InChI is InChI=1S/C34H32N2O3/c1-33(2,3)39-32(38)30(21-13-22-31(37)29-20-11-12-23-35-29)36-34(24-14-5-4-6-15-24)27-18-9-7-16-25(27)26-17-8-10-19-28(26)34/h4-20,22-23,30,36H,21H2,1-3H3/b22-13+/t30-/m0/s1. The second kappa shape index (κ2) is 10.8. The summed E-state index contributed by atoms with van der Waals surface area (Å²) in [6.45, 7) is 5.57. The number of pyridine rings is 1. The fraction of sp³-hybridized carbons (Fsp3) is 0.206. The average molecular weight is 517 g/mol. The first-order valence-corrected chi connectivity index (χ1v) is 13.2. The van der Waals surface area contributed by atoms with Crippen LogP contribution in [0.4, 0.5) is 0 Å². The van der Waals surface area contributed by atoms with Crippen molar-refractivity contribution < 1.29 is 14.3 Å². The Morgan fingerprint density at radius 2 is 1.44 bits per heavy atom. The van der Waals surface area contributed by atoms with Crippen LogP contribution in [0.3, 0.4) is 0 Å². The number of rotatable bonds is 8. The molecular weight excluding hydrogens is 484 g/mol. The molecule has 3 aromatic carbocycles. The highest BCUT2D eigenvalue weighted by Crippen LogP contribution is 2.51. The van der Waals surface area contributed by atoms with Gasteiger partial charge in [0.15, 0.2) is 0 Å². The number of nitrogens with zero attached hydrogens (tertiary/aromatic N) is 1. The molecule has 0 aliphatic heterocycles. The Bertz CT molecular complexity index is 1460. The van der Waals surface area contributed by atoms with Gasteiger partial charge in [-0.25, -0.2) is 0 Å². The fourth-order valence-corrected chi connectivity index (χ4v) is 5.23. The Labute approximate surface area is 229 Å². The summed E-state index contributed by atoms with van der Waals surface area (Å²) in [4.78, 5) is 30.5. The summed E-state index contributed by atoms with van der Waals surface area (Å²) in [5.41, 5.74) is 4.28. The monoisotopic (exact) mass is 516 g/mol. The van der Waals surface area contributed by atoms with Gasteiger partial charge in [-0.3, -0.25) is 19.9 Å². The molecule has 39 heavy (non-hydrogen) atoms. The van der Waals surface area contributed by atoms with Gasteiger partial charge in [-0.1, -0.05) is 91.0 Å². The van der Waals surface area contributed by atoms with Gasteiger partial charge in [-0.15, -0.1) is 0 Å². The minimum Gasteiger partial charge on any atom is -0.459 e. The average Bonchev–Trinajstić information content (AvgIpc) is 3.23. The molecule has 1 aliphatic rings. The number of carbonyl (C=O) groups excluding carboxylic acids is 2. The van der Waals surface area contributed by atoms with E-state index in [1.54, 1.807) is 30.5 Å². The van der Waals surface area contributed by atoms with E-state index in [4.69, 9.17) is 4.74 Å². The number of carbonyl (C=O) groups is 2. The van der Waals surface area contributed by atoms with Crippen molar-refractivity contribution in [1.29, 1.82) is 0 Å². The van der Waals surface area contributed by atoms with E-state index in [2.05, 4.69) is 46.7 Å². The van der Waals surface area contributed by atoms with Crippen LogP contribution in [0, 0.1) is 0 Å². The second-order valence-electron chi connectivity index (χ2n) is 10.7. The first-order chi connectivity index (χ1) is 18.8. The number of fused-ring (bicyclic) bond motifs is 3. The quantitative estimate of drug-likeness (QED) is 0.165. The maximum absolute atomic E-state index is 13.7. The van der Waals surface area contributed by atoms with Crippen LogP contribution in [-0.2, 0) is 15.1 Å². The van der Waals surface area contributed by atoms with Gasteiger partial charge in [-0.2, -0.15) is 0 Å². The van der Waals surface area contributed by atoms with E-state index in [1.807, 2.05) is 63.2 Å². The first-order valence-electron chi connectivity index (χ1n) is 13.2. The highest BCUT2D eigenvalue weighted by molar-refractivity contribution is 6.03. The zero-order valence-electron chi connectivity index (χ0n) is 22.4. The van der Waals surface area contributed by atoms with E-state index in [9.17, 15) is 9.59 Å². The summed E-state index contributed by atoms with van der Waals surface area (Å²) >= 11 is 0. The first kappa shape index (κ1) is 26.3. The predicted molar refractivity (Wildman–Crippen MR) is 153 cm³/mol. The molecule has 1 aliphatic carbocycles. The molecule has 0 unspecified atom stereocenters. The molecule has 5 nitrogen and oxygen atoms in total. The van der Waals surface area contributed by atoms with Crippen LogP contribution in [-0.4, -0.2) is 28.4 Å². The number of allylic oxidation sites excluding steroid dienone is 1. The van der Waals surface area contributed by atoms with Crippen molar-refractivity contribution >= 4 is 11.8 Å². The van der Waals surface area contributed by atoms with Gasteiger partial charge in [0.2, 0.25) is 5.78 Å². The molecule has 4 aromatic rings. The Balaban J connectivity index is 1.59. The highest BCUT2D eigenvalue weighted by Gasteiger charge is 2.46. The Morgan fingerprint density at radius 3 is 2.03 bits per heavy atom. The van der Waals surface area contributed by atoms with E-state index in [0.717, 1.165) is 27.8 Å². The van der Waals surface area contributed by atoms with Crippen molar-refractivity contribution in [3.8, 4) is 11.1 Å². The third kappa shape index (κ3) is 5.31. The number of esters is 1. The molecule has 0 radical (unpaired) electrons. The molecule has 0 fully saturated rings. The third-order valence-corrected chi connectivity index (χ3v) is 6.80. The summed E-state index contributed by atoms with van der Waals surface area (Å²) in [6, 6.07) is 31.2. The second-order valence-corrected chi connectivity index (χ2v) is 10.7. The number of hydrogen-bond donors (Lipinski definition) is 1. The molecule has 0 saturated heterocycles. The lowest BCUT2D eigenvalue weighted by molar-refractivity contribution is -0.157. The maximum atomic E-state index is 13.7. The van der Waals surface area contributed by atoms with Crippen molar-refractivity contribution in [1.82, 2.24) is 10.3 Å². The fourth-order valence-electron chi connectivity index (χ4n) is 5.23. The Kier molecular flexibility index (Phi) is 7.27. The van der Waals surface area contributed by atoms with E-state index < -0.39 is 17.2 Å². The summed E-state index contributed by atoms with van der Waals surface area (Å²) in [7, 11) is 0. The molecule has 0 bridgehead atoms. The summed E-state index contributed by atoms with van der Waals surface area (Å²) in [6.07, 6.45) is 5.05. The summed E-state index contributed by atoms with van der Waals surface area (Å²) in [5.74, 6) is -0.595. The van der Waals surface area contributed by atoms with Gasteiger partial charge in [0.1, 0.15) is 17.3 Å². The van der Waals surface area contributed by atoms with Gasteiger partial charge in [-0.05, 0) is 73.2 Å². The smallest absolute Gasteiger partial charge is 0.324 e. The third-order valence-electron chi connectivity index (χ3n) is 6.80. The van der Waals surface area contributed by atoms with Crippen LogP contribution in [0.1, 0.15) is 54.4 Å². The number of ether oxygens (including phenoxy) is 1. The van der Waals surface area contributed by atoms with Gasteiger partial charge in [0.05, 0.1) is 5.54 Å². The minimum absolute atomic E-state index is 0.215. The topological polar surface area (TPSA) is 68.3 Å². The molecule has 0 spiro atoms. The van der Waals surface area contributed by atoms with Crippen LogP contribution in [0.2, 0.25) is 0 Å². The van der Waals surface area contributed by atoms with Gasteiger partial charge in [0, 0.05) is 6.20 Å². The van der Waals surface area contributed by atoms with Crippen molar-refractivity contribution in [2.75, 3.05) is 0 Å². The number of benzene rings is 3. The molecular formula is C34H32N2O3. The Morgan fingerprint density at radius 1 is 0.846 bits per heavy atom. The molecule has 5 heteroatoms. The SMILES string of the molecule is CC(C)(C)OC(=O)[C@H](C/C=C/C(=O)c1ccccn1)NC1(c2ccccc2)c2ccccc2-c2ccccc21. The lowest BCUT2D eigenvalue weighted by atomic mass is 9.79. The summed E-state index contributed by atoms with van der Waals surface area (Å²) in [5, 5.41) is 3.74. The lowest BCUT2D eigenvalue weighted by Crippen LogP contribution is -2.52. The lowest BCUT2D eigenvalue weighted by Gasteiger charge is -2.37. The van der Waals surface area contributed by atoms with Crippen molar-refractivity contribution in [2.24, 2.45) is 0 Å². The molecule has 0 saturated carbocycles. The van der Waals surface area contributed by atoms with Gasteiger partial charge < -0.3 is 4.74 Å². The maximum Gasteiger partial charge on any atom is 0.324 e. The number of aromatic nitrogens is 1. The van der Waals surface area contributed by atoms with E-state index in [0.29, 0.717) is 5.69 Å². The molecule has 0 amide bonds. The van der Waals surface area contributed by atoms with Crippen LogP contribution in [0.15, 0.2) is 115 Å². The van der Waals surface area contributed by atoms with E-state index in [1.165, 1.54) is 6.08 Å². The predicted octanol–water partition coefficient (Wildman–Crippen LogP) is 6.48. The molecule has 1 atom stereocenters. The normalized spacial score (nSPS) is 14.4. The van der Waals surface area contributed by atoms with E-state index in [-0.39, 0.29) is 18.2 Å². The largest absolute Gasteiger partial charge is 0.459 e. The van der Waals surface area contributed by atoms with Crippen molar-refractivity contribution in [3.63, 3.8) is 0 Å². The van der Waals surface area contributed by atoms with E-state index >= 15 is 0 Å². The molecule has 1 N–H and O–H groups in total. The van der Waals surface area contributed by atoms with Crippen LogP contribution >= 0.6 is 0 Å². The zero-order chi connectivity index (χ0) is 27.5. The number of hydrogen-bond acceptors (Lipinski definition) is 5. The number of nitrogens with one attached hydrogen (secondary N) is 1. The molecule has 1 heterocycles. The van der Waals surface area contributed by atoms with Gasteiger partial charge in [0.25, 0.3) is 0 Å². The molecule has 196 valence electrons. The van der Waals surface area contributed by atoms with Crippen molar-refractivity contribution in [2.45, 2.75) is 44.4 Å².